The fourth-order valence-electron chi connectivity index (χ4n) is 5.03. The molecule has 0 aromatic heterocycles. The van der Waals surface area contributed by atoms with Crippen molar-refractivity contribution in [1.82, 2.24) is 10.2 Å². The third kappa shape index (κ3) is 9.57. The quantitative estimate of drug-likeness (QED) is 0.323. The van der Waals surface area contributed by atoms with Crippen LogP contribution in [-0.2, 0) is 11.3 Å². The van der Waals surface area contributed by atoms with Crippen LogP contribution in [0.15, 0.2) is 42.5 Å². The summed E-state index contributed by atoms with van der Waals surface area (Å²) in [5, 5.41) is 14.2. The van der Waals surface area contributed by atoms with E-state index in [4.69, 9.17) is 18.0 Å². The van der Waals surface area contributed by atoms with E-state index < -0.39 is 17.9 Å². The monoisotopic (exact) mass is 515 g/mol. The summed E-state index contributed by atoms with van der Waals surface area (Å²) < 4.78 is 0. The maximum atomic E-state index is 13.2. The number of rotatable bonds is 12. The zero-order valence-electron chi connectivity index (χ0n) is 22.4. The van der Waals surface area contributed by atoms with E-state index >= 15 is 0 Å². The number of amides is 1. The van der Waals surface area contributed by atoms with Crippen molar-refractivity contribution in [1.29, 1.82) is 0 Å². The molecule has 1 atom stereocenters. The van der Waals surface area contributed by atoms with Crippen molar-refractivity contribution in [2.45, 2.75) is 70.9 Å². The Kier molecular flexibility index (Phi) is 12.8. The summed E-state index contributed by atoms with van der Waals surface area (Å²) in [7, 11) is 2.14. The summed E-state index contributed by atoms with van der Waals surface area (Å²) in [5.41, 5.74) is 9.84. The van der Waals surface area contributed by atoms with Gasteiger partial charge in [-0.25, -0.2) is 0 Å². The molecule has 37 heavy (non-hydrogen) atoms. The van der Waals surface area contributed by atoms with Crippen molar-refractivity contribution < 1.29 is 33.6 Å². The number of hydrogen-bond donors (Lipinski definition) is 2. The molecule has 1 aliphatic rings. The summed E-state index contributed by atoms with van der Waals surface area (Å²) in [4.78, 5) is 27.4. The van der Waals surface area contributed by atoms with Crippen molar-refractivity contribution in [2.75, 3.05) is 13.6 Å². The molecule has 1 fully saturated rings. The molecular formula is C29H38LiN3O3S. The number of nitrogens with zero attached hydrogens (tertiary/aromatic N) is 1. The molecule has 194 valence electrons. The van der Waals surface area contributed by atoms with Crippen LogP contribution in [0, 0.1) is 12.8 Å². The number of carboxylic acids is 1. The molecule has 0 radical (unpaired) electrons. The molecule has 6 nitrogen and oxygen atoms in total. The number of carbonyl (C=O) groups is 2. The summed E-state index contributed by atoms with van der Waals surface area (Å²) in [5.74, 6) is -0.976. The van der Waals surface area contributed by atoms with Crippen LogP contribution in [0.1, 0.15) is 72.9 Å². The second-order valence-corrected chi connectivity index (χ2v) is 10.6. The number of aryl methyl sites for hydroxylation is 1. The zero-order chi connectivity index (χ0) is 26.1. The van der Waals surface area contributed by atoms with Gasteiger partial charge in [-0.3, -0.25) is 4.79 Å². The fraction of sp³-hybridized carbons (Fsp3) is 0.483. The van der Waals surface area contributed by atoms with Crippen LogP contribution in [0.5, 0.6) is 0 Å². The Labute approximate surface area is 238 Å². The molecular weight excluding hydrogens is 477 g/mol. The molecule has 8 heteroatoms. The smallest absolute Gasteiger partial charge is 0.548 e. The molecule has 1 saturated carbocycles. The minimum atomic E-state index is -1.35. The van der Waals surface area contributed by atoms with E-state index in [9.17, 15) is 14.7 Å². The minimum absolute atomic E-state index is 0. The molecule has 2 aromatic rings. The molecule has 2 aromatic carbocycles. The predicted molar refractivity (Wildman–Crippen MR) is 146 cm³/mol. The van der Waals surface area contributed by atoms with Gasteiger partial charge in [0, 0.05) is 12.1 Å². The number of carbonyl (C=O) groups excluding carboxylic acids is 2. The van der Waals surface area contributed by atoms with E-state index in [1.165, 1.54) is 38.5 Å². The third-order valence-corrected chi connectivity index (χ3v) is 7.33. The molecule has 0 spiro atoms. The van der Waals surface area contributed by atoms with Crippen LogP contribution < -0.4 is 35.0 Å². The Balaban J connectivity index is 0.00000481. The van der Waals surface area contributed by atoms with Gasteiger partial charge >= 0.3 is 18.9 Å². The van der Waals surface area contributed by atoms with Crippen LogP contribution in [0.25, 0.3) is 11.1 Å². The van der Waals surface area contributed by atoms with E-state index in [2.05, 4.69) is 23.3 Å². The van der Waals surface area contributed by atoms with Crippen LogP contribution in [0.4, 0.5) is 0 Å². The van der Waals surface area contributed by atoms with Gasteiger partial charge in [-0.1, -0.05) is 74.7 Å². The van der Waals surface area contributed by atoms with Crippen molar-refractivity contribution in [2.24, 2.45) is 11.7 Å². The number of nitrogens with one attached hydrogen (secondary N) is 1. The maximum Gasteiger partial charge on any atom is 1.00 e. The zero-order valence-corrected chi connectivity index (χ0v) is 23.2. The van der Waals surface area contributed by atoms with Crippen molar-refractivity contribution in [3.8, 4) is 11.1 Å². The number of aliphatic carboxylic acids is 1. The Morgan fingerprint density at radius 2 is 1.84 bits per heavy atom. The summed E-state index contributed by atoms with van der Waals surface area (Å²) in [6.45, 7) is 3.83. The second kappa shape index (κ2) is 15.3. The van der Waals surface area contributed by atoms with Crippen LogP contribution in [-0.4, -0.2) is 41.4 Å². The van der Waals surface area contributed by atoms with Crippen LogP contribution >= 0.6 is 12.2 Å². The van der Waals surface area contributed by atoms with Gasteiger partial charge in [0.15, 0.2) is 0 Å². The van der Waals surface area contributed by atoms with E-state index in [0.29, 0.717) is 5.56 Å². The van der Waals surface area contributed by atoms with Gasteiger partial charge in [-0.15, -0.1) is 0 Å². The van der Waals surface area contributed by atoms with Gasteiger partial charge in [-0.2, -0.15) is 0 Å². The van der Waals surface area contributed by atoms with Crippen LogP contribution in [0.2, 0.25) is 0 Å². The van der Waals surface area contributed by atoms with Gasteiger partial charge in [0.2, 0.25) is 0 Å². The van der Waals surface area contributed by atoms with E-state index in [0.717, 1.165) is 41.3 Å². The molecule has 0 aliphatic heterocycles. The SMILES string of the molecule is Cc1ccccc1-c1cc(CN(C)CCC2CCCCC2)ccc1C(=O)NC(CCC(N)=S)C(=O)[O-].[Li+]. The summed E-state index contributed by atoms with van der Waals surface area (Å²) >= 11 is 4.86. The normalized spacial score (nSPS) is 14.6. The first-order valence-electron chi connectivity index (χ1n) is 12.9. The molecule has 0 bridgehead atoms. The molecule has 0 saturated heterocycles. The molecule has 0 heterocycles. The molecule has 3 N–H and O–H groups in total. The Morgan fingerprint density at radius 1 is 1.14 bits per heavy atom. The number of hydrogen-bond acceptors (Lipinski definition) is 5. The second-order valence-electron chi connectivity index (χ2n) is 10.1. The molecule has 1 unspecified atom stereocenters. The largest absolute Gasteiger partial charge is 1.00 e. The molecule has 1 aliphatic carbocycles. The van der Waals surface area contributed by atoms with Crippen LogP contribution in [0.3, 0.4) is 0 Å². The Hall–Kier alpha value is -2.17. The van der Waals surface area contributed by atoms with Gasteiger partial charge in [-0.05, 0) is 80.1 Å². The number of benzene rings is 2. The first-order chi connectivity index (χ1) is 17.2. The summed E-state index contributed by atoms with van der Waals surface area (Å²) in [6.07, 6.45) is 8.30. The predicted octanol–water partition coefficient (Wildman–Crippen LogP) is 0.983. The topological polar surface area (TPSA) is 98.5 Å². The van der Waals surface area contributed by atoms with Gasteiger partial charge < -0.3 is 25.9 Å². The average molecular weight is 516 g/mol. The standard InChI is InChI=1S/C29H39N3O3S.Li/c1-20-8-6-7-11-23(20)25-18-22(19-32(2)17-16-21-9-4-3-5-10-21)12-13-24(25)28(33)31-26(29(34)35)14-15-27(30)36;/h6-8,11-13,18,21,26H,3-5,9-10,14-17,19H2,1-2H3,(H2,30,36)(H,31,33)(H,34,35);/q;+1/p-1. The van der Waals surface area contributed by atoms with Crippen molar-refractivity contribution in [3.05, 3.63) is 59.2 Å². The van der Waals surface area contributed by atoms with Gasteiger partial charge in [0.1, 0.15) is 0 Å². The molecule has 3 rings (SSSR count). The number of thiocarbonyl (C=S) groups is 1. The third-order valence-electron chi connectivity index (χ3n) is 7.13. The minimum Gasteiger partial charge on any atom is -0.548 e. The van der Waals surface area contributed by atoms with Crippen molar-refractivity contribution in [3.63, 3.8) is 0 Å². The Morgan fingerprint density at radius 3 is 2.49 bits per heavy atom. The Bertz CT molecular complexity index is 1070. The molecule has 1 amide bonds. The fourth-order valence-corrected chi connectivity index (χ4v) is 5.14. The average Bonchev–Trinajstić information content (AvgIpc) is 2.85. The van der Waals surface area contributed by atoms with Gasteiger partial charge in [0.25, 0.3) is 5.91 Å². The first kappa shape index (κ1) is 31.0. The number of carboxylic acid groups (broad SMARTS) is 1. The first-order valence-corrected chi connectivity index (χ1v) is 13.3. The van der Waals surface area contributed by atoms with E-state index in [1.54, 1.807) is 6.07 Å². The van der Waals surface area contributed by atoms with E-state index in [-0.39, 0.29) is 36.7 Å². The van der Waals surface area contributed by atoms with Crippen molar-refractivity contribution >= 4 is 29.1 Å². The maximum absolute atomic E-state index is 13.2. The van der Waals surface area contributed by atoms with Gasteiger partial charge in [0.05, 0.1) is 17.0 Å². The van der Waals surface area contributed by atoms with E-state index in [1.807, 2.05) is 37.3 Å². The summed E-state index contributed by atoms with van der Waals surface area (Å²) in [6, 6.07) is 12.5. The number of nitrogens with two attached hydrogens (primary N) is 1.